The number of hydrogen-bond acceptors (Lipinski definition) is 7. The highest BCUT2D eigenvalue weighted by molar-refractivity contribution is 5.68. The lowest BCUT2D eigenvalue weighted by Gasteiger charge is -2.21. The van der Waals surface area contributed by atoms with Crippen molar-refractivity contribution in [1.29, 1.82) is 0 Å². The fraction of sp³-hybridized carbons (Fsp3) is 0.318. The van der Waals surface area contributed by atoms with Crippen molar-refractivity contribution in [2.24, 2.45) is 18.9 Å². The van der Waals surface area contributed by atoms with E-state index in [9.17, 15) is 9.18 Å². The number of hydrogen-bond donors (Lipinski definition) is 0. The van der Waals surface area contributed by atoms with Gasteiger partial charge in [0.1, 0.15) is 18.7 Å². The van der Waals surface area contributed by atoms with Gasteiger partial charge in [-0.1, -0.05) is 11.1 Å². The highest BCUT2D eigenvalue weighted by atomic mass is 19.1. The lowest BCUT2D eigenvalue weighted by Crippen LogP contribution is -2.24. The predicted octanol–water partition coefficient (Wildman–Crippen LogP) is 1.53. The summed E-state index contributed by atoms with van der Waals surface area (Å²) >= 11 is 0. The van der Waals surface area contributed by atoms with Crippen molar-refractivity contribution in [3.8, 4) is 12.3 Å². The van der Waals surface area contributed by atoms with Crippen LogP contribution < -0.4 is 10.5 Å². The smallest absolute Gasteiger partial charge is 0.280 e. The summed E-state index contributed by atoms with van der Waals surface area (Å²) in [6.45, 7) is 1.75. The van der Waals surface area contributed by atoms with E-state index in [0.29, 0.717) is 34.7 Å². The molecule has 4 heterocycles. The molecule has 0 spiro atoms. The Morgan fingerprint density at radius 3 is 2.78 bits per heavy atom. The van der Waals surface area contributed by atoms with Gasteiger partial charge in [-0.2, -0.15) is 4.98 Å². The monoisotopic (exact) mass is 431 g/mol. The van der Waals surface area contributed by atoms with Gasteiger partial charge in [-0.3, -0.25) is 9.36 Å². The molecule has 0 amide bonds. The van der Waals surface area contributed by atoms with E-state index in [0.717, 1.165) is 18.8 Å². The molecule has 2 unspecified atom stereocenters. The van der Waals surface area contributed by atoms with Crippen LogP contribution in [0.1, 0.15) is 23.2 Å². The molecule has 2 fully saturated rings. The van der Waals surface area contributed by atoms with Gasteiger partial charge in [-0.05, 0) is 30.0 Å². The molecule has 1 saturated heterocycles. The molecule has 2 aliphatic rings. The molecule has 6 rings (SSSR count). The summed E-state index contributed by atoms with van der Waals surface area (Å²) in [6, 6.07) is 4.98. The Labute approximate surface area is 181 Å². The number of piperidine rings is 1. The van der Waals surface area contributed by atoms with Crippen LogP contribution in [0.5, 0.6) is 0 Å². The molecule has 1 saturated carbocycles. The summed E-state index contributed by atoms with van der Waals surface area (Å²) in [5.41, 5.74) is 1.72. The minimum atomic E-state index is -0.376. The summed E-state index contributed by atoms with van der Waals surface area (Å²) in [5, 5.41) is 4.15. The van der Waals surface area contributed by atoms with Crippen molar-refractivity contribution in [2.45, 2.75) is 12.5 Å². The van der Waals surface area contributed by atoms with Crippen molar-refractivity contribution in [3.05, 3.63) is 64.3 Å². The molecule has 0 N–H and O–H groups in total. The van der Waals surface area contributed by atoms with Crippen LogP contribution in [-0.2, 0) is 13.6 Å². The maximum absolute atomic E-state index is 14.0. The van der Waals surface area contributed by atoms with Crippen molar-refractivity contribution in [1.82, 2.24) is 29.2 Å². The Bertz CT molecular complexity index is 1450. The van der Waals surface area contributed by atoms with Crippen molar-refractivity contribution in [2.75, 3.05) is 18.0 Å². The third-order valence-corrected chi connectivity index (χ3v) is 6.46. The van der Waals surface area contributed by atoms with Crippen molar-refractivity contribution in [3.63, 3.8) is 0 Å². The largest absolute Gasteiger partial charge is 0.371 e. The molecule has 4 aromatic rings. The maximum atomic E-state index is 14.0. The summed E-state index contributed by atoms with van der Waals surface area (Å²) in [7, 11) is 1.75. The number of anilines is 1. The van der Waals surface area contributed by atoms with E-state index in [1.165, 1.54) is 17.0 Å². The highest BCUT2D eigenvalue weighted by Gasteiger charge is 2.58. The average molecular weight is 431 g/mol. The number of halogens is 1. The van der Waals surface area contributed by atoms with Crippen molar-refractivity contribution < 1.29 is 8.91 Å². The van der Waals surface area contributed by atoms with Gasteiger partial charge in [0.15, 0.2) is 17.0 Å². The van der Waals surface area contributed by atoms with Crippen LogP contribution in [0.3, 0.4) is 0 Å². The molecule has 160 valence electrons. The molecule has 32 heavy (non-hydrogen) atoms. The third-order valence-electron chi connectivity index (χ3n) is 6.46. The Hall–Kier alpha value is -4.00. The van der Waals surface area contributed by atoms with Crippen LogP contribution in [0.2, 0.25) is 0 Å². The van der Waals surface area contributed by atoms with Crippen LogP contribution in [-0.4, -0.2) is 42.3 Å². The first-order chi connectivity index (χ1) is 15.5. The van der Waals surface area contributed by atoms with Gasteiger partial charge >= 0.3 is 0 Å². The molecule has 10 heteroatoms. The first-order valence-corrected chi connectivity index (χ1v) is 10.2. The minimum absolute atomic E-state index is 0.148. The second-order valence-corrected chi connectivity index (χ2v) is 8.32. The first-order valence-electron chi connectivity index (χ1n) is 10.2. The Kier molecular flexibility index (Phi) is 3.95. The SMILES string of the molecule is C#Cc1ccc(N2CC3C(C2)C3c2noc(Cn3cnc4ncn(C)c4c3=O)n2)cc1F. The number of rotatable bonds is 4. The van der Waals surface area contributed by atoms with E-state index < -0.39 is 0 Å². The van der Waals surface area contributed by atoms with Crippen LogP contribution in [0, 0.1) is 30.0 Å². The predicted molar refractivity (Wildman–Crippen MR) is 112 cm³/mol. The van der Waals surface area contributed by atoms with Gasteiger partial charge in [-0.25, -0.2) is 14.4 Å². The molecule has 1 aliphatic heterocycles. The zero-order chi connectivity index (χ0) is 22.0. The van der Waals surface area contributed by atoms with E-state index >= 15 is 0 Å². The zero-order valence-corrected chi connectivity index (χ0v) is 17.1. The molecular weight excluding hydrogens is 413 g/mol. The van der Waals surface area contributed by atoms with Crippen LogP contribution in [0.15, 0.2) is 40.2 Å². The molecule has 9 nitrogen and oxygen atoms in total. The topological polar surface area (TPSA) is 94.9 Å². The maximum Gasteiger partial charge on any atom is 0.280 e. The second kappa shape index (κ2) is 6.75. The fourth-order valence-corrected chi connectivity index (χ4v) is 4.74. The lowest BCUT2D eigenvalue weighted by molar-refractivity contribution is 0.363. The van der Waals surface area contributed by atoms with Gasteiger partial charge < -0.3 is 14.0 Å². The standard InChI is InChI=1S/C22H18FN7O2/c1-3-12-4-5-13(6-16(12)23)29-7-14-15(8-29)18(14)20-26-17(32-27-20)9-30-11-25-21-19(22(30)31)28(2)10-24-21/h1,4-6,10-11,14-15,18H,7-9H2,2H3. The van der Waals surface area contributed by atoms with E-state index in [4.69, 9.17) is 10.9 Å². The van der Waals surface area contributed by atoms with E-state index in [2.05, 4.69) is 30.9 Å². The van der Waals surface area contributed by atoms with Crippen LogP contribution >= 0.6 is 0 Å². The highest BCUT2D eigenvalue weighted by Crippen LogP contribution is 2.57. The van der Waals surface area contributed by atoms with Gasteiger partial charge in [0.2, 0.25) is 5.89 Å². The third kappa shape index (κ3) is 2.81. The minimum Gasteiger partial charge on any atom is -0.371 e. The zero-order valence-electron chi connectivity index (χ0n) is 17.1. The molecule has 0 radical (unpaired) electrons. The fourth-order valence-electron chi connectivity index (χ4n) is 4.74. The molecule has 3 aromatic heterocycles. The Balaban J connectivity index is 1.15. The number of aromatic nitrogens is 6. The Morgan fingerprint density at radius 1 is 1.25 bits per heavy atom. The van der Waals surface area contributed by atoms with Gasteiger partial charge in [0.25, 0.3) is 5.56 Å². The lowest BCUT2D eigenvalue weighted by atomic mass is 10.1. The molecule has 1 aromatic carbocycles. The number of aryl methyl sites for hydroxylation is 1. The number of benzene rings is 1. The van der Waals surface area contributed by atoms with Crippen LogP contribution in [0.25, 0.3) is 11.2 Å². The van der Waals surface area contributed by atoms with E-state index in [-0.39, 0.29) is 29.4 Å². The summed E-state index contributed by atoms with van der Waals surface area (Å²) in [4.78, 5) is 27.7. The van der Waals surface area contributed by atoms with Crippen LogP contribution in [0.4, 0.5) is 10.1 Å². The summed E-state index contributed by atoms with van der Waals surface area (Å²) in [5.74, 6) is 3.99. The summed E-state index contributed by atoms with van der Waals surface area (Å²) < 4.78 is 22.5. The number of nitrogens with zero attached hydrogens (tertiary/aromatic N) is 7. The molecule has 2 atom stereocenters. The number of imidazole rings is 1. The van der Waals surface area contributed by atoms with E-state index in [1.54, 1.807) is 24.0 Å². The van der Waals surface area contributed by atoms with Gasteiger partial charge in [0.05, 0.1) is 11.9 Å². The molecule has 1 aliphatic carbocycles. The Morgan fingerprint density at radius 2 is 2.03 bits per heavy atom. The van der Waals surface area contributed by atoms with Gasteiger partial charge in [-0.15, -0.1) is 6.42 Å². The normalized spacial score (nSPS) is 21.7. The van der Waals surface area contributed by atoms with E-state index in [1.807, 2.05) is 6.07 Å². The average Bonchev–Trinajstić information content (AvgIpc) is 3.21. The molecule has 0 bridgehead atoms. The molecular formula is C22H18FN7O2. The number of fused-ring (bicyclic) bond motifs is 2. The van der Waals surface area contributed by atoms with Crippen molar-refractivity contribution >= 4 is 16.9 Å². The summed E-state index contributed by atoms with van der Waals surface area (Å²) in [6.07, 6.45) is 8.30. The second-order valence-electron chi connectivity index (χ2n) is 8.32. The first kappa shape index (κ1) is 18.7. The number of terminal acetylenes is 1. The quantitative estimate of drug-likeness (QED) is 0.452. The van der Waals surface area contributed by atoms with Gasteiger partial charge in [0, 0.05) is 31.7 Å².